The van der Waals surface area contributed by atoms with E-state index >= 15 is 0 Å². The number of nitro groups is 2. The number of rotatable bonds is 4. The van der Waals surface area contributed by atoms with Crippen LogP contribution in [0.3, 0.4) is 0 Å². The molecule has 0 saturated heterocycles. The van der Waals surface area contributed by atoms with Crippen LogP contribution in [0.4, 0.5) is 16.2 Å². The van der Waals surface area contributed by atoms with Gasteiger partial charge in [0.15, 0.2) is 0 Å². The molecule has 2 rings (SSSR count). The minimum absolute atomic E-state index is 0.116. The summed E-state index contributed by atoms with van der Waals surface area (Å²) in [5.74, 6) is 0.232. The second kappa shape index (κ2) is 6.73. The Bertz CT molecular complexity index is 765. The average Bonchev–Trinajstić information content (AvgIpc) is 2.50. The van der Waals surface area contributed by atoms with Crippen molar-refractivity contribution < 1.29 is 24.1 Å². The molecule has 24 heavy (non-hydrogen) atoms. The Labute approximate surface area is 135 Å². The van der Waals surface area contributed by atoms with Crippen molar-refractivity contribution in [3.63, 3.8) is 0 Å². The number of carbonyl (C=O) groups excluding carboxylic acids is 1. The topological polar surface area (TPSA) is 122 Å². The summed E-state index contributed by atoms with van der Waals surface area (Å²) in [7, 11) is 0. The number of aryl methyl sites for hydroxylation is 2. The highest BCUT2D eigenvalue weighted by Crippen LogP contribution is 2.26. The summed E-state index contributed by atoms with van der Waals surface area (Å²) in [6.07, 6.45) is -1.05. The summed E-state index contributed by atoms with van der Waals surface area (Å²) in [5, 5.41) is 21.3. The predicted octanol–water partition coefficient (Wildman–Crippen LogP) is 3.70. The van der Waals surface area contributed by atoms with E-state index in [0.29, 0.717) is 11.1 Å². The van der Waals surface area contributed by atoms with Gasteiger partial charge in [-0.25, -0.2) is 4.79 Å². The van der Waals surface area contributed by atoms with Gasteiger partial charge < -0.3 is 9.47 Å². The van der Waals surface area contributed by atoms with Crippen LogP contribution in [0, 0.1) is 34.1 Å². The zero-order valence-electron chi connectivity index (χ0n) is 12.7. The minimum atomic E-state index is -1.05. The van der Waals surface area contributed by atoms with Crippen LogP contribution in [0.25, 0.3) is 0 Å². The van der Waals surface area contributed by atoms with Gasteiger partial charge in [-0.2, -0.15) is 0 Å². The lowest BCUT2D eigenvalue weighted by atomic mass is 10.2. The lowest BCUT2D eigenvalue weighted by molar-refractivity contribution is -0.385. The number of hydrogen-bond donors (Lipinski definition) is 0. The van der Waals surface area contributed by atoms with Crippen LogP contribution in [0.1, 0.15) is 11.1 Å². The normalized spacial score (nSPS) is 10.1. The molecule has 0 amide bonds. The minimum Gasteiger partial charge on any atom is -0.394 e. The molecule has 9 heteroatoms. The predicted molar refractivity (Wildman–Crippen MR) is 82.3 cm³/mol. The lowest BCUT2D eigenvalue weighted by Crippen LogP contribution is -2.15. The Kier molecular flexibility index (Phi) is 4.73. The van der Waals surface area contributed by atoms with E-state index in [1.165, 1.54) is 36.4 Å². The standard InChI is InChI=1S/C15H12N2O7/c1-9-7-11(16(19)20)3-5-13(9)23-15(18)24-14-6-4-12(17(21)22)8-10(14)2/h3-8H,1-2H3. The van der Waals surface area contributed by atoms with Crippen LogP contribution in [0.5, 0.6) is 11.5 Å². The van der Waals surface area contributed by atoms with Crippen LogP contribution in [-0.2, 0) is 0 Å². The Morgan fingerprint density at radius 1 is 0.833 bits per heavy atom. The Hall–Kier alpha value is -3.49. The fourth-order valence-electron chi connectivity index (χ4n) is 1.92. The van der Waals surface area contributed by atoms with Crippen molar-refractivity contribution in [2.45, 2.75) is 13.8 Å². The van der Waals surface area contributed by atoms with E-state index in [4.69, 9.17) is 9.47 Å². The molecule has 0 saturated carbocycles. The van der Waals surface area contributed by atoms with E-state index < -0.39 is 16.0 Å². The maximum Gasteiger partial charge on any atom is 0.519 e. The van der Waals surface area contributed by atoms with Gasteiger partial charge in [0.05, 0.1) is 9.85 Å². The average molecular weight is 332 g/mol. The van der Waals surface area contributed by atoms with Crippen molar-refractivity contribution in [2.24, 2.45) is 0 Å². The van der Waals surface area contributed by atoms with Crippen molar-refractivity contribution in [3.05, 3.63) is 67.8 Å². The molecule has 2 aromatic rings. The molecular formula is C15H12N2O7. The van der Waals surface area contributed by atoms with Gasteiger partial charge in [0.25, 0.3) is 11.4 Å². The van der Waals surface area contributed by atoms with Crippen molar-refractivity contribution in [3.8, 4) is 11.5 Å². The van der Waals surface area contributed by atoms with Crippen molar-refractivity contribution in [2.75, 3.05) is 0 Å². The molecule has 0 heterocycles. The molecule has 9 nitrogen and oxygen atoms in total. The smallest absolute Gasteiger partial charge is 0.394 e. The van der Waals surface area contributed by atoms with Gasteiger partial charge in [0.1, 0.15) is 11.5 Å². The van der Waals surface area contributed by atoms with Gasteiger partial charge in [-0.3, -0.25) is 20.2 Å². The molecule has 0 atom stereocenters. The maximum atomic E-state index is 11.8. The summed E-state index contributed by atoms with van der Waals surface area (Å²) in [4.78, 5) is 32.0. The zero-order valence-corrected chi connectivity index (χ0v) is 12.7. The van der Waals surface area contributed by atoms with Crippen LogP contribution >= 0.6 is 0 Å². The first-order valence-electron chi connectivity index (χ1n) is 6.67. The van der Waals surface area contributed by atoms with E-state index in [9.17, 15) is 25.0 Å². The fourth-order valence-corrected chi connectivity index (χ4v) is 1.92. The number of hydrogen-bond acceptors (Lipinski definition) is 7. The van der Waals surface area contributed by atoms with Crippen LogP contribution in [0.15, 0.2) is 36.4 Å². The quantitative estimate of drug-likeness (QED) is 0.362. The molecule has 0 aliphatic heterocycles. The number of ether oxygens (including phenoxy) is 2. The van der Waals surface area contributed by atoms with Crippen molar-refractivity contribution >= 4 is 17.5 Å². The van der Waals surface area contributed by atoms with E-state index in [1.54, 1.807) is 13.8 Å². The van der Waals surface area contributed by atoms with E-state index in [2.05, 4.69) is 0 Å². The fraction of sp³-hybridized carbons (Fsp3) is 0.133. The SMILES string of the molecule is Cc1cc([N+](=O)[O-])ccc1OC(=O)Oc1ccc([N+](=O)[O-])cc1C. The third-order valence-electron chi connectivity index (χ3n) is 3.13. The van der Waals surface area contributed by atoms with Gasteiger partial charge in [0.2, 0.25) is 0 Å². The van der Waals surface area contributed by atoms with Crippen molar-refractivity contribution in [1.82, 2.24) is 0 Å². The molecule has 0 N–H and O–H groups in total. The molecule has 0 radical (unpaired) electrons. The Balaban J connectivity index is 2.11. The maximum absolute atomic E-state index is 11.8. The first-order valence-corrected chi connectivity index (χ1v) is 6.67. The molecule has 0 spiro atoms. The highest BCUT2D eigenvalue weighted by molar-refractivity contribution is 5.68. The highest BCUT2D eigenvalue weighted by Gasteiger charge is 2.16. The van der Waals surface area contributed by atoms with Crippen LogP contribution in [0.2, 0.25) is 0 Å². The second-order valence-electron chi connectivity index (χ2n) is 4.87. The number of benzene rings is 2. The zero-order chi connectivity index (χ0) is 17.9. The largest absolute Gasteiger partial charge is 0.519 e. The first-order chi connectivity index (χ1) is 11.3. The number of nitro benzene ring substituents is 2. The Morgan fingerprint density at radius 2 is 1.21 bits per heavy atom. The molecule has 2 aromatic carbocycles. The van der Waals surface area contributed by atoms with Gasteiger partial charge in [-0.1, -0.05) is 0 Å². The summed E-state index contributed by atoms with van der Waals surface area (Å²) in [6, 6.07) is 7.51. The molecule has 0 fully saturated rings. The first kappa shape index (κ1) is 16.9. The van der Waals surface area contributed by atoms with Crippen molar-refractivity contribution in [1.29, 1.82) is 0 Å². The summed E-state index contributed by atoms with van der Waals surface area (Å²) in [6.45, 7) is 3.10. The third-order valence-corrected chi connectivity index (χ3v) is 3.13. The molecule has 0 aliphatic rings. The molecule has 0 bridgehead atoms. The van der Waals surface area contributed by atoms with E-state index in [-0.39, 0.29) is 22.9 Å². The van der Waals surface area contributed by atoms with E-state index in [1.807, 2.05) is 0 Å². The van der Waals surface area contributed by atoms with Crippen LogP contribution in [-0.4, -0.2) is 16.0 Å². The number of non-ortho nitro benzene ring substituents is 2. The number of nitrogens with zero attached hydrogens (tertiary/aromatic N) is 2. The molecular weight excluding hydrogens is 320 g/mol. The molecule has 124 valence electrons. The van der Waals surface area contributed by atoms with Gasteiger partial charge in [-0.05, 0) is 37.1 Å². The molecule has 0 aliphatic carbocycles. The third kappa shape index (κ3) is 3.83. The van der Waals surface area contributed by atoms with Gasteiger partial charge >= 0.3 is 6.16 Å². The monoisotopic (exact) mass is 332 g/mol. The van der Waals surface area contributed by atoms with Gasteiger partial charge in [0, 0.05) is 24.3 Å². The highest BCUT2D eigenvalue weighted by atomic mass is 16.7. The summed E-state index contributed by atoms with van der Waals surface area (Å²) in [5.41, 5.74) is 0.530. The lowest BCUT2D eigenvalue weighted by Gasteiger charge is -2.09. The molecule has 0 aromatic heterocycles. The molecule has 0 unspecified atom stereocenters. The van der Waals surface area contributed by atoms with Crippen LogP contribution < -0.4 is 9.47 Å². The summed E-state index contributed by atoms with van der Waals surface area (Å²) >= 11 is 0. The number of carbonyl (C=O) groups is 1. The summed E-state index contributed by atoms with van der Waals surface area (Å²) < 4.78 is 10.00. The second-order valence-corrected chi connectivity index (χ2v) is 4.87. The van der Waals surface area contributed by atoms with Gasteiger partial charge in [-0.15, -0.1) is 0 Å². The van der Waals surface area contributed by atoms with E-state index in [0.717, 1.165) is 0 Å². The Morgan fingerprint density at radius 3 is 1.50 bits per heavy atom.